The molecule has 0 unspecified atom stereocenters. The van der Waals surface area contributed by atoms with Crippen LogP contribution >= 0.6 is 11.8 Å². The maximum absolute atomic E-state index is 12.9. The number of unbranched alkanes of at least 4 members (excludes halogenated alkanes) is 3. The summed E-state index contributed by atoms with van der Waals surface area (Å²) < 4.78 is 3.30. The highest BCUT2D eigenvalue weighted by molar-refractivity contribution is 7.99. The van der Waals surface area contributed by atoms with Gasteiger partial charge in [-0.1, -0.05) is 62.6 Å². The SMILES string of the molecule is CCCCCn1c(-c2ccc(Sc3ccc(C)cc3)c([N+](=O)[O-])c2)nc2c1c(=O)[nH]c(=O)n2CCCC. The van der Waals surface area contributed by atoms with E-state index in [1.807, 2.05) is 38.1 Å². The Morgan fingerprint density at radius 3 is 2.35 bits per heavy atom. The minimum Gasteiger partial charge on any atom is -0.318 e. The standard InChI is InChI=1S/C27H31N5O4S/c1-4-6-8-16-30-23-25(31(15-7-5-2)27(34)29-26(23)33)28-24(30)19-11-14-22(21(17-19)32(35)36)37-20-12-9-18(3)10-13-20/h9-14,17H,4-8,15-16H2,1-3H3,(H,29,33,34). The Balaban J connectivity index is 1.87. The summed E-state index contributed by atoms with van der Waals surface area (Å²) in [5, 5.41) is 12.1. The van der Waals surface area contributed by atoms with Crippen LogP contribution in [0.25, 0.3) is 22.6 Å². The van der Waals surface area contributed by atoms with Gasteiger partial charge in [-0.2, -0.15) is 0 Å². The summed E-state index contributed by atoms with van der Waals surface area (Å²) in [6.45, 7) is 7.06. The highest BCUT2D eigenvalue weighted by Crippen LogP contribution is 2.37. The normalized spacial score (nSPS) is 11.3. The molecule has 0 spiro atoms. The number of aromatic nitrogens is 4. The Labute approximate surface area is 218 Å². The van der Waals surface area contributed by atoms with Crippen molar-refractivity contribution in [2.45, 2.75) is 75.8 Å². The fourth-order valence-electron chi connectivity index (χ4n) is 4.27. The van der Waals surface area contributed by atoms with Crippen molar-refractivity contribution >= 4 is 28.6 Å². The molecule has 9 nitrogen and oxygen atoms in total. The Morgan fingerprint density at radius 1 is 0.973 bits per heavy atom. The number of hydrogen-bond acceptors (Lipinski definition) is 6. The molecular weight excluding hydrogens is 490 g/mol. The van der Waals surface area contributed by atoms with Gasteiger partial charge in [0.25, 0.3) is 11.2 Å². The van der Waals surface area contributed by atoms with Crippen LogP contribution in [-0.4, -0.2) is 24.0 Å². The monoisotopic (exact) mass is 521 g/mol. The minimum atomic E-state index is -0.496. The highest BCUT2D eigenvalue weighted by Gasteiger charge is 2.23. The molecule has 2 aromatic carbocycles. The number of hydrogen-bond donors (Lipinski definition) is 1. The van der Waals surface area contributed by atoms with Crippen LogP contribution in [0, 0.1) is 17.0 Å². The molecule has 0 fully saturated rings. The Bertz CT molecular complexity index is 1540. The summed E-state index contributed by atoms with van der Waals surface area (Å²) in [7, 11) is 0. The van der Waals surface area contributed by atoms with Crippen LogP contribution < -0.4 is 11.2 Å². The lowest BCUT2D eigenvalue weighted by Gasteiger charge is -2.10. The molecule has 0 aliphatic rings. The second-order valence-corrected chi connectivity index (χ2v) is 10.2. The molecule has 2 aromatic heterocycles. The van der Waals surface area contributed by atoms with Crippen molar-refractivity contribution in [2.75, 3.05) is 0 Å². The molecule has 0 atom stereocenters. The first-order valence-corrected chi connectivity index (χ1v) is 13.4. The van der Waals surface area contributed by atoms with Crippen molar-refractivity contribution in [1.82, 2.24) is 19.1 Å². The highest BCUT2D eigenvalue weighted by atomic mass is 32.2. The Morgan fingerprint density at radius 2 is 1.68 bits per heavy atom. The van der Waals surface area contributed by atoms with Crippen molar-refractivity contribution in [3.05, 3.63) is 79.0 Å². The first-order valence-electron chi connectivity index (χ1n) is 12.6. The maximum Gasteiger partial charge on any atom is 0.330 e. The minimum absolute atomic E-state index is 0.0347. The summed E-state index contributed by atoms with van der Waals surface area (Å²) >= 11 is 1.33. The van der Waals surface area contributed by atoms with E-state index < -0.39 is 16.2 Å². The molecule has 2 heterocycles. The molecule has 0 saturated heterocycles. The van der Waals surface area contributed by atoms with E-state index in [1.54, 1.807) is 16.7 Å². The van der Waals surface area contributed by atoms with Gasteiger partial charge in [0.2, 0.25) is 0 Å². The zero-order chi connectivity index (χ0) is 26.5. The topological polar surface area (TPSA) is 116 Å². The molecule has 0 bridgehead atoms. The number of rotatable bonds is 11. The smallest absolute Gasteiger partial charge is 0.318 e. The van der Waals surface area contributed by atoms with Crippen LogP contribution in [0.1, 0.15) is 51.5 Å². The average Bonchev–Trinajstić information content (AvgIpc) is 3.25. The second kappa shape index (κ2) is 11.6. The lowest BCUT2D eigenvalue weighted by atomic mass is 10.2. The number of H-pyrrole nitrogens is 1. The molecule has 0 amide bonds. The lowest BCUT2D eigenvalue weighted by molar-refractivity contribution is -0.387. The molecule has 4 rings (SSSR count). The summed E-state index contributed by atoms with van der Waals surface area (Å²) in [5.74, 6) is 0.447. The van der Waals surface area contributed by atoms with Crippen molar-refractivity contribution in [2.24, 2.45) is 0 Å². The van der Waals surface area contributed by atoms with Crippen LogP contribution in [0.3, 0.4) is 0 Å². The zero-order valence-corrected chi connectivity index (χ0v) is 22.1. The number of imidazole rings is 1. The fraction of sp³-hybridized carbons (Fsp3) is 0.370. The zero-order valence-electron chi connectivity index (χ0n) is 21.3. The first kappa shape index (κ1) is 26.4. The van der Waals surface area contributed by atoms with E-state index in [1.165, 1.54) is 22.4 Å². The van der Waals surface area contributed by atoms with Gasteiger partial charge < -0.3 is 4.57 Å². The van der Waals surface area contributed by atoms with E-state index in [-0.39, 0.29) is 5.69 Å². The largest absolute Gasteiger partial charge is 0.330 e. The number of benzene rings is 2. The third-order valence-corrected chi connectivity index (χ3v) is 7.34. The third kappa shape index (κ3) is 5.69. The summed E-state index contributed by atoms with van der Waals surface area (Å²) in [5.41, 5.74) is 1.25. The summed E-state index contributed by atoms with van der Waals surface area (Å²) in [6.07, 6.45) is 4.40. The van der Waals surface area contributed by atoms with Gasteiger partial charge in [0.15, 0.2) is 11.2 Å². The molecule has 0 radical (unpaired) electrons. The molecule has 1 N–H and O–H groups in total. The van der Waals surface area contributed by atoms with Crippen LogP contribution in [0.2, 0.25) is 0 Å². The van der Waals surface area contributed by atoms with Gasteiger partial charge in [-0.05, 0) is 44.0 Å². The van der Waals surface area contributed by atoms with Gasteiger partial charge in [0.05, 0.1) is 9.82 Å². The van der Waals surface area contributed by atoms with Gasteiger partial charge in [0, 0.05) is 29.6 Å². The molecule has 10 heteroatoms. The van der Waals surface area contributed by atoms with E-state index in [4.69, 9.17) is 4.98 Å². The number of nitrogens with one attached hydrogen (secondary N) is 1. The van der Waals surface area contributed by atoms with Gasteiger partial charge >= 0.3 is 5.69 Å². The fourth-order valence-corrected chi connectivity index (χ4v) is 5.17. The Kier molecular flexibility index (Phi) is 8.27. The number of aromatic amines is 1. The molecule has 4 aromatic rings. The van der Waals surface area contributed by atoms with E-state index in [2.05, 4.69) is 11.9 Å². The quantitative estimate of drug-likeness (QED) is 0.149. The van der Waals surface area contributed by atoms with E-state index in [0.717, 1.165) is 42.6 Å². The van der Waals surface area contributed by atoms with Crippen molar-refractivity contribution < 1.29 is 4.92 Å². The molecule has 0 saturated carbocycles. The number of aryl methyl sites for hydroxylation is 3. The molecule has 37 heavy (non-hydrogen) atoms. The van der Waals surface area contributed by atoms with Gasteiger partial charge in [0.1, 0.15) is 5.82 Å². The predicted octanol–water partition coefficient (Wildman–Crippen LogP) is 5.91. The van der Waals surface area contributed by atoms with Gasteiger partial charge in [-0.25, -0.2) is 9.78 Å². The van der Waals surface area contributed by atoms with Crippen molar-refractivity contribution in [3.63, 3.8) is 0 Å². The first-order chi connectivity index (χ1) is 17.8. The predicted molar refractivity (Wildman–Crippen MR) is 146 cm³/mol. The van der Waals surface area contributed by atoms with E-state index in [9.17, 15) is 19.7 Å². The van der Waals surface area contributed by atoms with Crippen molar-refractivity contribution in [1.29, 1.82) is 0 Å². The number of fused-ring (bicyclic) bond motifs is 1. The average molecular weight is 522 g/mol. The summed E-state index contributed by atoms with van der Waals surface area (Å²) in [6, 6.07) is 12.8. The molecule has 0 aliphatic carbocycles. The molecule has 194 valence electrons. The second-order valence-electron chi connectivity index (χ2n) is 9.09. The third-order valence-electron chi connectivity index (χ3n) is 6.27. The summed E-state index contributed by atoms with van der Waals surface area (Å²) in [4.78, 5) is 45.8. The van der Waals surface area contributed by atoms with Gasteiger partial charge in [-0.3, -0.25) is 24.5 Å². The van der Waals surface area contributed by atoms with Crippen LogP contribution in [-0.2, 0) is 13.1 Å². The van der Waals surface area contributed by atoms with Crippen molar-refractivity contribution in [3.8, 4) is 11.4 Å². The maximum atomic E-state index is 12.9. The lowest BCUT2D eigenvalue weighted by Crippen LogP contribution is -2.31. The van der Waals surface area contributed by atoms with E-state index in [0.29, 0.717) is 40.5 Å². The number of nitro benzene ring substituents is 1. The Hall–Kier alpha value is -3.66. The van der Waals surface area contributed by atoms with Crippen LogP contribution in [0.15, 0.2) is 61.8 Å². The number of nitrogens with zero attached hydrogens (tertiary/aromatic N) is 4. The molecular formula is C27H31N5O4S. The number of nitro groups is 1. The van der Waals surface area contributed by atoms with Gasteiger partial charge in [-0.15, -0.1) is 0 Å². The van der Waals surface area contributed by atoms with E-state index >= 15 is 0 Å². The van der Waals surface area contributed by atoms with Crippen LogP contribution in [0.4, 0.5) is 5.69 Å². The van der Waals surface area contributed by atoms with Crippen LogP contribution in [0.5, 0.6) is 0 Å². The molecule has 0 aliphatic heterocycles.